The zero-order valence-electron chi connectivity index (χ0n) is 15.5. The molecule has 0 aliphatic carbocycles. The fourth-order valence-corrected chi connectivity index (χ4v) is 3.74. The van der Waals surface area contributed by atoms with Crippen LogP contribution in [-0.2, 0) is 0 Å². The van der Waals surface area contributed by atoms with Crippen LogP contribution in [0, 0.1) is 0 Å². The van der Waals surface area contributed by atoms with Crippen LogP contribution in [0.3, 0.4) is 0 Å². The van der Waals surface area contributed by atoms with Crippen molar-refractivity contribution >= 4 is 51.6 Å². The molecule has 1 aliphatic heterocycles. The Morgan fingerprint density at radius 3 is 2.61 bits per heavy atom. The van der Waals surface area contributed by atoms with Crippen molar-refractivity contribution in [2.45, 2.75) is 19.3 Å². The van der Waals surface area contributed by atoms with E-state index in [0.29, 0.717) is 22.7 Å². The standard InChI is InChI=1S/C20H22Cl2N6/c21-14-4-5-15-16(6-7-23-17(15)12-14)24-8-9-25-19-13-18(22)26-20(27-19)28-10-2-1-3-11-28/h4-7,12-13H,1-3,8-11H2,(H,23,24)(H,25,26,27). The Bertz CT molecular complexity index is 959. The predicted octanol–water partition coefficient (Wildman–Crippen LogP) is 4.85. The van der Waals surface area contributed by atoms with Crippen LogP contribution in [0.15, 0.2) is 36.5 Å². The van der Waals surface area contributed by atoms with E-state index in [1.165, 1.54) is 19.3 Å². The lowest BCUT2D eigenvalue weighted by Gasteiger charge is -2.27. The number of hydrogen-bond donors (Lipinski definition) is 2. The summed E-state index contributed by atoms with van der Waals surface area (Å²) >= 11 is 12.3. The summed E-state index contributed by atoms with van der Waals surface area (Å²) in [6.07, 6.45) is 5.40. The molecule has 1 aliphatic rings. The van der Waals surface area contributed by atoms with Crippen LogP contribution in [0.5, 0.6) is 0 Å². The molecule has 3 aromatic rings. The van der Waals surface area contributed by atoms with Crippen molar-refractivity contribution in [2.24, 2.45) is 0 Å². The van der Waals surface area contributed by atoms with Gasteiger partial charge in [0, 0.05) is 54.5 Å². The summed E-state index contributed by atoms with van der Waals surface area (Å²) in [5.74, 6) is 1.45. The molecule has 8 heteroatoms. The number of hydrogen-bond acceptors (Lipinski definition) is 6. The Morgan fingerprint density at radius 2 is 1.75 bits per heavy atom. The van der Waals surface area contributed by atoms with Gasteiger partial charge in [-0.05, 0) is 43.5 Å². The first-order chi connectivity index (χ1) is 13.7. The van der Waals surface area contributed by atoms with E-state index >= 15 is 0 Å². The summed E-state index contributed by atoms with van der Waals surface area (Å²) in [6, 6.07) is 9.45. The molecule has 0 amide bonds. The second kappa shape index (κ2) is 8.80. The van der Waals surface area contributed by atoms with Gasteiger partial charge in [0.1, 0.15) is 11.0 Å². The molecular weight excluding hydrogens is 395 g/mol. The Labute approximate surface area is 174 Å². The number of pyridine rings is 1. The summed E-state index contributed by atoms with van der Waals surface area (Å²) in [5.41, 5.74) is 1.90. The van der Waals surface area contributed by atoms with Gasteiger partial charge in [0.2, 0.25) is 5.95 Å². The lowest BCUT2D eigenvalue weighted by molar-refractivity contribution is 0.568. The number of benzene rings is 1. The molecule has 1 fully saturated rings. The molecule has 0 bridgehead atoms. The van der Waals surface area contributed by atoms with Gasteiger partial charge in [-0.15, -0.1) is 0 Å². The molecule has 6 nitrogen and oxygen atoms in total. The first kappa shape index (κ1) is 19.0. The molecule has 3 heterocycles. The number of piperidine rings is 1. The average molecular weight is 417 g/mol. The predicted molar refractivity (Wildman–Crippen MR) is 117 cm³/mol. The van der Waals surface area contributed by atoms with Gasteiger partial charge in [-0.1, -0.05) is 23.2 Å². The van der Waals surface area contributed by atoms with Crippen molar-refractivity contribution in [3.63, 3.8) is 0 Å². The van der Waals surface area contributed by atoms with Crippen molar-refractivity contribution in [1.29, 1.82) is 0 Å². The Balaban J connectivity index is 1.37. The first-order valence-corrected chi connectivity index (χ1v) is 10.3. The highest BCUT2D eigenvalue weighted by Crippen LogP contribution is 2.24. The molecule has 4 rings (SSSR count). The largest absolute Gasteiger partial charge is 0.383 e. The van der Waals surface area contributed by atoms with Gasteiger partial charge in [0.05, 0.1) is 5.52 Å². The Morgan fingerprint density at radius 1 is 0.929 bits per heavy atom. The van der Waals surface area contributed by atoms with Gasteiger partial charge in [-0.3, -0.25) is 4.98 Å². The maximum Gasteiger partial charge on any atom is 0.228 e. The lowest BCUT2D eigenvalue weighted by Crippen LogP contribution is -2.31. The molecule has 0 radical (unpaired) electrons. The van der Waals surface area contributed by atoms with Gasteiger partial charge in [-0.25, -0.2) is 4.98 Å². The van der Waals surface area contributed by atoms with Crippen LogP contribution in [0.25, 0.3) is 10.9 Å². The normalized spacial score (nSPS) is 14.3. The Hall–Kier alpha value is -2.31. The molecular formula is C20H22Cl2N6. The molecule has 0 spiro atoms. The SMILES string of the molecule is Clc1ccc2c(NCCNc3cc(Cl)nc(N4CCCCC4)n3)ccnc2c1. The maximum atomic E-state index is 6.20. The van der Waals surface area contributed by atoms with E-state index in [1.54, 1.807) is 12.3 Å². The lowest BCUT2D eigenvalue weighted by atomic mass is 10.1. The van der Waals surface area contributed by atoms with Crippen LogP contribution >= 0.6 is 23.2 Å². The molecule has 146 valence electrons. The monoisotopic (exact) mass is 416 g/mol. The number of nitrogens with zero attached hydrogens (tertiary/aromatic N) is 4. The van der Waals surface area contributed by atoms with E-state index in [1.807, 2.05) is 24.3 Å². The number of halogens is 2. The van der Waals surface area contributed by atoms with Crippen LogP contribution in [-0.4, -0.2) is 41.1 Å². The quantitative estimate of drug-likeness (QED) is 0.442. The average Bonchev–Trinajstić information content (AvgIpc) is 2.71. The van der Waals surface area contributed by atoms with Crippen molar-refractivity contribution in [3.8, 4) is 0 Å². The smallest absolute Gasteiger partial charge is 0.228 e. The molecule has 0 unspecified atom stereocenters. The second-order valence-electron chi connectivity index (χ2n) is 6.80. The van der Waals surface area contributed by atoms with E-state index in [9.17, 15) is 0 Å². The number of rotatable bonds is 6. The van der Waals surface area contributed by atoms with E-state index in [4.69, 9.17) is 23.2 Å². The maximum absolute atomic E-state index is 6.20. The molecule has 2 N–H and O–H groups in total. The topological polar surface area (TPSA) is 66.0 Å². The van der Waals surface area contributed by atoms with Gasteiger partial charge in [0.15, 0.2) is 0 Å². The zero-order chi connectivity index (χ0) is 19.3. The van der Waals surface area contributed by atoms with E-state index < -0.39 is 0 Å². The minimum absolute atomic E-state index is 0.461. The third kappa shape index (κ3) is 4.56. The molecule has 0 atom stereocenters. The second-order valence-corrected chi connectivity index (χ2v) is 7.62. The van der Waals surface area contributed by atoms with Gasteiger partial charge < -0.3 is 15.5 Å². The van der Waals surface area contributed by atoms with Gasteiger partial charge >= 0.3 is 0 Å². The summed E-state index contributed by atoms with van der Waals surface area (Å²) in [6.45, 7) is 3.40. The van der Waals surface area contributed by atoms with Crippen molar-refractivity contribution in [2.75, 3.05) is 41.7 Å². The summed E-state index contributed by atoms with van der Waals surface area (Å²) in [4.78, 5) is 15.6. The number of aromatic nitrogens is 3. The van der Waals surface area contributed by atoms with E-state index in [2.05, 4.69) is 30.5 Å². The first-order valence-electron chi connectivity index (χ1n) is 9.50. The van der Waals surface area contributed by atoms with Crippen LogP contribution < -0.4 is 15.5 Å². The third-order valence-electron chi connectivity index (χ3n) is 4.77. The molecule has 1 saturated heterocycles. The highest BCUT2D eigenvalue weighted by molar-refractivity contribution is 6.31. The van der Waals surface area contributed by atoms with Crippen LogP contribution in [0.2, 0.25) is 10.2 Å². The van der Waals surface area contributed by atoms with Crippen LogP contribution in [0.1, 0.15) is 19.3 Å². The molecule has 1 aromatic carbocycles. The highest BCUT2D eigenvalue weighted by atomic mass is 35.5. The number of nitrogens with one attached hydrogen (secondary N) is 2. The van der Waals surface area contributed by atoms with Gasteiger partial charge in [-0.2, -0.15) is 4.98 Å². The summed E-state index contributed by atoms with van der Waals surface area (Å²) in [5, 5.41) is 8.96. The fourth-order valence-electron chi connectivity index (χ4n) is 3.39. The highest BCUT2D eigenvalue weighted by Gasteiger charge is 2.15. The van der Waals surface area contributed by atoms with E-state index in [-0.39, 0.29) is 0 Å². The number of fused-ring (bicyclic) bond motifs is 1. The zero-order valence-corrected chi connectivity index (χ0v) is 17.0. The summed E-state index contributed by atoms with van der Waals surface area (Å²) < 4.78 is 0. The van der Waals surface area contributed by atoms with Crippen molar-refractivity contribution < 1.29 is 0 Å². The molecule has 0 saturated carbocycles. The molecule has 28 heavy (non-hydrogen) atoms. The van der Waals surface area contributed by atoms with Crippen LogP contribution in [0.4, 0.5) is 17.5 Å². The summed E-state index contributed by atoms with van der Waals surface area (Å²) in [7, 11) is 0. The van der Waals surface area contributed by atoms with Crippen molar-refractivity contribution in [3.05, 3.63) is 46.7 Å². The van der Waals surface area contributed by atoms with Crippen molar-refractivity contribution in [1.82, 2.24) is 15.0 Å². The number of anilines is 3. The van der Waals surface area contributed by atoms with E-state index in [0.717, 1.165) is 42.0 Å². The Kier molecular flexibility index (Phi) is 5.98. The fraction of sp³-hybridized carbons (Fsp3) is 0.350. The van der Waals surface area contributed by atoms with Gasteiger partial charge in [0.25, 0.3) is 0 Å². The minimum atomic E-state index is 0.461. The molecule has 2 aromatic heterocycles. The minimum Gasteiger partial charge on any atom is -0.383 e. The third-order valence-corrected chi connectivity index (χ3v) is 5.20.